The van der Waals surface area contributed by atoms with Gasteiger partial charge in [0.1, 0.15) is 5.82 Å². The number of benzene rings is 1. The van der Waals surface area contributed by atoms with Gasteiger partial charge in [0.2, 0.25) is 15.9 Å². The number of rotatable bonds is 5. The number of amides is 2. The Kier molecular flexibility index (Phi) is 5.80. The maximum absolute atomic E-state index is 12.4. The standard InChI is InChI=1S/C18H23N5O4S/c1-23-16(21-17(24)12-5-3-2-4-6-12)11-15(22-23)18(25)20-13-7-9-14(10-8-13)28(19,26)27/h7-12H,2-6H2,1H3,(H,20,25)(H,21,24)(H2,19,26,27). The first-order valence-electron chi connectivity index (χ1n) is 9.03. The number of aryl methyl sites for hydroxylation is 1. The first-order valence-corrected chi connectivity index (χ1v) is 10.6. The second-order valence-corrected chi connectivity index (χ2v) is 8.45. The average molecular weight is 405 g/mol. The van der Waals surface area contributed by atoms with Crippen molar-refractivity contribution in [3.63, 3.8) is 0 Å². The summed E-state index contributed by atoms with van der Waals surface area (Å²) in [6, 6.07) is 6.99. The van der Waals surface area contributed by atoms with Crippen molar-refractivity contribution in [2.45, 2.75) is 37.0 Å². The quantitative estimate of drug-likeness (QED) is 0.697. The Morgan fingerprint density at radius 3 is 2.36 bits per heavy atom. The SMILES string of the molecule is Cn1nc(C(=O)Nc2ccc(S(N)(=O)=O)cc2)cc1NC(=O)C1CCCCC1. The number of sulfonamides is 1. The Balaban J connectivity index is 1.66. The molecule has 0 spiro atoms. The van der Waals surface area contributed by atoms with E-state index in [1.165, 1.54) is 35.0 Å². The highest BCUT2D eigenvalue weighted by atomic mass is 32.2. The van der Waals surface area contributed by atoms with Gasteiger partial charge >= 0.3 is 0 Å². The van der Waals surface area contributed by atoms with E-state index in [1.807, 2.05) is 0 Å². The molecular formula is C18H23N5O4S. The van der Waals surface area contributed by atoms with Crippen LogP contribution in [0.2, 0.25) is 0 Å². The van der Waals surface area contributed by atoms with Gasteiger partial charge in [-0.05, 0) is 37.1 Å². The lowest BCUT2D eigenvalue weighted by molar-refractivity contribution is -0.120. The fraction of sp³-hybridized carbons (Fsp3) is 0.389. The van der Waals surface area contributed by atoms with Crippen molar-refractivity contribution in [2.75, 3.05) is 10.6 Å². The Morgan fingerprint density at radius 1 is 1.11 bits per heavy atom. The number of carbonyl (C=O) groups is 2. The van der Waals surface area contributed by atoms with Crippen LogP contribution < -0.4 is 15.8 Å². The molecule has 9 nitrogen and oxygen atoms in total. The highest BCUT2D eigenvalue weighted by Gasteiger charge is 2.23. The molecule has 0 bridgehead atoms. The Hall–Kier alpha value is -2.72. The van der Waals surface area contributed by atoms with Crippen LogP contribution in [0.3, 0.4) is 0 Å². The zero-order valence-electron chi connectivity index (χ0n) is 15.5. The van der Waals surface area contributed by atoms with Crippen molar-refractivity contribution in [3.8, 4) is 0 Å². The summed E-state index contributed by atoms with van der Waals surface area (Å²) in [6.45, 7) is 0. The van der Waals surface area contributed by atoms with Gasteiger partial charge in [0.05, 0.1) is 4.90 Å². The third-order valence-electron chi connectivity index (χ3n) is 4.78. The van der Waals surface area contributed by atoms with Crippen LogP contribution in [0, 0.1) is 5.92 Å². The van der Waals surface area contributed by atoms with Crippen molar-refractivity contribution in [1.82, 2.24) is 9.78 Å². The third kappa shape index (κ3) is 4.76. The third-order valence-corrected chi connectivity index (χ3v) is 5.71. The molecular weight excluding hydrogens is 382 g/mol. The molecule has 0 atom stereocenters. The number of anilines is 2. The van der Waals surface area contributed by atoms with Crippen molar-refractivity contribution < 1.29 is 18.0 Å². The topological polar surface area (TPSA) is 136 Å². The molecule has 1 aliphatic carbocycles. The number of aromatic nitrogens is 2. The van der Waals surface area contributed by atoms with E-state index in [0.717, 1.165) is 32.1 Å². The molecule has 1 aromatic heterocycles. The van der Waals surface area contributed by atoms with Gasteiger partial charge in [-0.25, -0.2) is 13.6 Å². The number of hydrogen-bond acceptors (Lipinski definition) is 5. The molecule has 2 amide bonds. The van der Waals surface area contributed by atoms with E-state index >= 15 is 0 Å². The number of nitrogens with zero attached hydrogens (tertiary/aromatic N) is 2. The van der Waals surface area contributed by atoms with Gasteiger partial charge in [-0.3, -0.25) is 14.3 Å². The molecule has 10 heteroatoms. The van der Waals surface area contributed by atoms with Crippen LogP contribution in [-0.2, 0) is 21.9 Å². The molecule has 0 saturated heterocycles. The van der Waals surface area contributed by atoms with Gasteiger partial charge in [-0.1, -0.05) is 19.3 Å². The molecule has 3 rings (SSSR count). The van der Waals surface area contributed by atoms with Crippen LogP contribution in [0.4, 0.5) is 11.5 Å². The maximum atomic E-state index is 12.4. The van der Waals surface area contributed by atoms with E-state index < -0.39 is 15.9 Å². The fourth-order valence-electron chi connectivity index (χ4n) is 3.21. The van der Waals surface area contributed by atoms with Gasteiger partial charge in [0, 0.05) is 24.7 Å². The minimum Gasteiger partial charge on any atom is -0.321 e. The van der Waals surface area contributed by atoms with Gasteiger partial charge < -0.3 is 10.6 Å². The second kappa shape index (κ2) is 8.11. The predicted molar refractivity (Wildman–Crippen MR) is 104 cm³/mol. The number of nitrogens with two attached hydrogens (primary N) is 1. The van der Waals surface area contributed by atoms with Gasteiger partial charge in [0.15, 0.2) is 5.69 Å². The minimum absolute atomic E-state index is 0.00161. The largest absolute Gasteiger partial charge is 0.321 e. The molecule has 1 heterocycles. The van der Waals surface area contributed by atoms with Crippen LogP contribution in [0.5, 0.6) is 0 Å². The van der Waals surface area contributed by atoms with E-state index in [0.29, 0.717) is 11.5 Å². The second-order valence-electron chi connectivity index (χ2n) is 6.89. The Bertz CT molecular complexity index is 976. The number of nitrogens with one attached hydrogen (secondary N) is 2. The number of carbonyl (C=O) groups excluding carboxylic acids is 2. The molecule has 150 valence electrons. The molecule has 2 aromatic rings. The van der Waals surface area contributed by atoms with Gasteiger partial charge in [-0.15, -0.1) is 0 Å². The van der Waals surface area contributed by atoms with E-state index in [2.05, 4.69) is 15.7 Å². The lowest BCUT2D eigenvalue weighted by Crippen LogP contribution is -2.25. The molecule has 0 aliphatic heterocycles. The Morgan fingerprint density at radius 2 is 1.75 bits per heavy atom. The first-order chi connectivity index (χ1) is 13.2. The van der Waals surface area contributed by atoms with E-state index in [9.17, 15) is 18.0 Å². The molecule has 28 heavy (non-hydrogen) atoms. The van der Waals surface area contributed by atoms with Crippen LogP contribution >= 0.6 is 0 Å². The zero-order valence-corrected chi connectivity index (χ0v) is 16.3. The molecule has 1 aliphatic rings. The lowest BCUT2D eigenvalue weighted by atomic mass is 9.89. The highest BCUT2D eigenvalue weighted by Crippen LogP contribution is 2.25. The molecule has 4 N–H and O–H groups in total. The van der Waals surface area contributed by atoms with Crippen LogP contribution in [0.25, 0.3) is 0 Å². The zero-order chi connectivity index (χ0) is 20.3. The molecule has 0 unspecified atom stereocenters. The van der Waals surface area contributed by atoms with Crippen molar-refractivity contribution in [3.05, 3.63) is 36.0 Å². The summed E-state index contributed by atoms with van der Waals surface area (Å²) in [4.78, 5) is 24.8. The summed E-state index contributed by atoms with van der Waals surface area (Å²) in [5.74, 6) is -0.0751. The smallest absolute Gasteiger partial charge is 0.276 e. The summed E-state index contributed by atoms with van der Waals surface area (Å²) in [6.07, 6.45) is 5.04. The summed E-state index contributed by atoms with van der Waals surface area (Å²) in [5.41, 5.74) is 0.535. The van der Waals surface area contributed by atoms with Crippen molar-refractivity contribution >= 4 is 33.3 Å². The highest BCUT2D eigenvalue weighted by molar-refractivity contribution is 7.89. The average Bonchev–Trinajstić information content (AvgIpc) is 3.03. The van der Waals surface area contributed by atoms with E-state index in [4.69, 9.17) is 5.14 Å². The Labute approximate surface area is 163 Å². The molecule has 1 fully saturated rings. The predicted octanol–water partition coefficient (Wildman–Crippen LogP) is 1.84. The van der Waals surface area contributed by atoms with Crippen molar-refractivity contribution in [2.24, 2.45) is 18.1 Å². The van der Waals surface area contributed by atoms with Crippen LogP contribution in [0.1, 0.15) is 42.6 Å². The van der Waals surface area contributed by atoms with E-state index in [1.54, 1.807) is 7.05 Å². The minimum atomic E-state index is -3.79. The molecule has 1 saturated carbocycles. The van der Waals surface area contributed by atoms with Gasteiger partial charge in [0.25, 0.3) is 5.91 Å². The summed E-state index contributed by atoms with van der Waals surface area (Å²) in [7, 11) is -2.15. The monoisotopic (exact) mass is 405 g/mol. The van der Waals surface area contributed by atoms with Crippen LogP contribution in [0.15, 0.2) is 35.2 Å². The summed E-state index contributed by atoms with van der Waals surface area (Å²) < 4.78 is 24.0. The summed E-state index contributed by atoms with van der Waals surface area (Å²) in [5, 5.41) is 14.7. The lowest BCUT2D eigenvalue weighted by Gasteiger charge is -2.20. The molecule has 1 aromatic carbocycles. The fourth-order valence-corrected chi connectivity index (χ4v) is 3.73. The normalized spacial score (nSPS) is 15.2. The maximum Gasteiger partial charge on any atom is 0.276 e. The number of hydrogen-bond donors (Lipinski definition) is 3. The van der Waals surface area contributed by atoms with Crippen molar-refractivity contribution in [1.29, 1.82) is 0 Å². The molecule has 0 radical (unpaired) electrons. The summed E-state index contributed by atoms with van der Waals surface area (Å²) >= 11 is 0. The number of primary sulfonamides is 1. The van der Waals surface area contributed by atoms with Gasteiger partial charge in [-0.2, -0.15) is 5.10 Å². The van der Waals surface area contributed by atoms with Crippen LogP contribution in [-0.4, -0.2) is 30.0 Å². The first kappa shape index (κ1) is 20.0. The van der Waals surface area contributed by atoms with E-state index in [-0.39, 0.29) is 22.4 Å².